The van der Waals surface area contributed by atoms with Crippen LogP contribution in [0.5, 0.6) is 0 Å². The molecule has 0 unspecified atom stereocenters. The van der Waals surface area contributed by atoms with Crippen molar-refractivity contribution < 1.29 is 17.9 Å². The first-order valence-corrected chi connectivity index (χ1v) is 11.5. The molecular formula is C22H28N2O4S. The van der Waals surface area contributed by atoms with Crippen LogP contribution in [0.2, 0.25) is 0 Å². The molecule has 2 aromatic carbocycles. The van der Waals surface area contributed by atoms with Gasteiger partial charge in [-0.1, -0.05) is 48.9 Å². The zero-order chi connectivity index (χ0) is 20.9. The average molecular weight is 417 g/mol. The van der Waals surface area contributed by atoms with Crippen molar-refractivity contribution in [1.29, 1.82) is 0 Å². The molecule has 0 spiro atoms. The highest BCUT2D eigenvalue weighted by Gasteiger charge is 2.24. The number of hydrogen-bond acceptors (Lipinski definition) is 4. The van der Waals surface area contributed by atoms with Crippen LogP contribution in [-0.2, 0) is 20.5 Å². The molecule has 1 saturated heterocycles. The van der Waals surface area contributed by atoms with E-state index in [-0.39, 0.29) is 17.7 Å². The molecule has 0 aliphatic carbocycles. The first kappa shape index (κ1) is 21.5. The molecule has 1 atom stereocenters. The molecule has 1 amide bonds. The van der Waals surface area contributed by atoms with E-state index in [0.29, 0.717) is 37.4 Å². The molecule has 7 heteroatoms. The van der Waals surface area contributed by atoms with Gasteiger partial charge in [0.15, 0.2) is 0 Å². The molecule has 156 valence electrons. The number of carbonyl (C=O) groups is 1. The Morgan fingerprint density at radius 3 is 2.28 bits per heavy atom. The minimum absolute atomic E-state index is 0.0653. The van der Waals surface area contributed by atoms with Gasteiger partial charge in [0.1, 0.15) is 0 Å². The van der Waals surface area contributed by atoms with Crippen molar-refractivity contribution in [1.82, 2.24) is 9.62 Å². The van der Waals surface area contributed by atoms with Gasteiger partial charge in [0, 0.05) is 18.7 Å². The first-order chi connectivity index (χ1) is 13.9. The number of aryl methyl sites for hydroxylation is 1. The number of morpholine rings is 1. The van der Waals surface area contributed by atoms with Crippen molar-refractivity contribution >= 4 is 15.9 Å². The van der Waals surface area contributed by atoms with Crippen molar-refractivity contribution in [3.63, 3.8) is 0 Å². The minimum atomic E-state index is -3.38. The number of nitrogens with zero attached hydrogens (tertiary/aromatic N) is 1. The van der Waals surface area contributed by atoms with Gasteiger partial charge >= 0.3 is 0 Å². The quantitative estimate of drug-likeness (QED) is 0.753. The highest BCUT2D eigenvalue weighted by molar-refractivity contribution is 7.88. The number of benzene rings is 2. The summed E-state index contributed by atoms with van der Waals surface area (Å²) < 4.78 is 31.7. The molecule has 0 radical (unpaired) electrons. The fourth-order valence-corrected chi connectivity index (χ4v) is 4.84. The number of nitrogens with one attached hydrogen (secondary N) is 1. The Morgan fingerprint density at radius 2 is 1.69 bits per heavy atom. The Bertz CT molecular complexity index is 918. The molecule has 2 aromatic rings. The summed E-state index contributed by atoms with van der Waals surface area (Å²) in [4.78, 5) is 12.6. The topological polar surface area (TPSA) is 75.7 Å². The van der Waals surface area contributed by atoms with Gasteiger partial charge in [-0.05, 0) is 36.6 Å². The van der Waals surface area contributed by atoms with Crippen LogP contribution in [0.4, 0.5) is 0 Å². The van der Waals surface area contributed by atoms with E-state index in [4.69, 9.17) is 4.74 Å². The molecule has 1 aliphatic rings. The number of sulfonamides is 1. The van der Waals surface area contributed by atoms with Gasteiger partial charge in [-0.3, -0.25) is 4.79 Å². The second kappa shape index (κ2) is 9.52. The highest BCUT2D eigenvalue weighted by Crippen LogP contribution is 2.19. The first-order valence-electron chi connectivity index (χ1n) is 9.91. The Labute approximate surface area is 172 Å². The summed E-state index contributed by atoms with van der Waals surface area (Å²) in [7, 11) is -3.38. The second-order valence-electron chi connectivity index (χ2n) is 7.31. The lowest BCUT2D eigenvalue weighted by atomic mass is 10.0. The van der Waals surface area contributed by atoms with E-state index >= 15 is 0 Å². The fraction of sp³-hybridized carbons (Fsp3) is 0.409. The summed E-state index contributed by atoms with van der Waals surface area (Å²) in [5, 5.41) is 3.06. The Balaban J connectivity index is 1.64. The van der Waals surface area contributed by atoms with Crippen LogP contribution in [0.25, 0.3) is 0 Å². The molecule has 1 heterocycles. The molecule has 0 aromatic heterocycles. The normalized spacial score (nSPS) is 16.3. The summed E-state index contributed by atoms with van der Waals surface area (Å²) in [5.41, 5.74) is 3.43. The number of hydrogen-bond donors (Lipinski definition) is 1. The van der Waals surface area contributed by atoms with Crippen molar-refractivity contribution in [3.05, 3.63) is 70.8 Å². The largest absolute Gasteiger partial charge is 0.379 e. The summed E-state index contributed by atoms with van der Waals surface area (Å²) in [6.45, 7) is 5.70. The van der Waals surface area contributed by atoms with E-state index in [9.17, 15) is 13.2 Å². The Kier molecular flexibility index (Phi) is 7.05. The number of amides is 1. The van der Waals surface area contributed by atoms with Crippen LogP contribution in [0.1, 0.15) is 46.4 Å². The lowest BCUT2D eigenvalue weighted by Crippen LogP contribution is -2.41. The van der Waals surface area contributed by atoms with Gasteiger partial charge in [0.2, 0.25) is 10.0 Å². The van der Waals surface area contributed by atoms with Crippen LogP contribution in [0.3, 0.4) is 0 Å². The van der Waals surface area contributed by atoms with E-state index < -0.39 is 10.0 Å². The maximum Gasteiger partial charge on any atom is 0.251 e. The van der Waals surface area contributed by atoms with Crippen molar-refractivity contribution in [2.24, 2.45) is 0 Å². The molecule has 0 saturated carbocycles. The van der Waals surface area contributed by atoms with Gasteiger partial charge in [-0.2, -0.15) is 4.31 Å². The lowest BCUT2D eigenvalue weighted by Gasteiger charge is -2.26. The monoisotopic (exact) mass is 416 g/mol. The van der Waals surface area contributed by atoms with E-state index in [1.165, 1.54) is 9.87 Å². The van der Waals surface area contributed by atoms with Gasteiger partial charge < -0.3 is 10.1 Å². The number of ether oxygens (including phenoxy) is 1. The van der Waals surface area contributed by atoms with Gasteiger partial charge in [0.05, 0.1) is 25.0 Å². The summed E-state index contributed by atoms with van der Waals surface area (Å²) >= 11 is 0. The van der Waals surface area contributed by atoms with E-state index in [1.54, 1.807) is 24.3 Å². The van der Waals surface area contributed by atoms with E-state index in [0.717, 1.165) is 12.0 Å². The van der Waals surface area contributed by atoms with Crippen LogP contribution in [0.15, 0.2) is 48.5 Å². The summed E-state index contributed by atoms with van der Waals surface area (Å²) in [6, 6.07) is 14.8. The Hall–Kier alpha value is -2.22. The van der Waals surface area contributed by atoms with Gasteiger partial charge in [-0.15, -0.1) is 0 Å². The van der Waals surface area contributed by atoms with Crippen molar-refractivity contribution in [2.45, 2.75) is 32.1 Å². The molecule has 1 fully saturated rings. The number of rotatable bonds is 7. The lowest BCUT2D eigenvalue weighted by molar-refractivity contribution is 0.0729. The fourth-order valence-electron chi connectivity index (χ4n) is 3.34. The van der Waals surface area contributed by atoms with Crippen LogP contribution >= 0.6 is 0 Å². The smallest absolute Gasteiger partial charge is 0.251 e. The van der Waals surface area contributed by atoms with Crippen LogP contribution < -0.4 is 5.32 Å². The molecule has 29 heavy (non-hydrogen) atoms. The molecule has 1 aliphatic heterocycles. The van der Waals surface area contributed by atoms with Gasteiger partial charge in [0.25, 0.3) is 5.91 Å². The third-order valence-corrected chi connectivity index (χ3v) is 6.97. The zero-order valence-electron chi connectivity index (χ0n) is 16.9. The van der Waals surface area contributed by atoms with E-state index in [1.807, 2.05) is 38.1 Å². The van der Waals surface area contributed by atoms with Crippen LogP contribution in [-0.4, -0.2) is 44.9 Å². The highest BCUT2D eigenvalue weighted by atomic mass is 32.2. The summed E-state index contributed by atoms with van der Waals surface area (Å²) in [5.74, 6) is -0.240. The minimum Gasteiger partial charge on any atom is -0.379 e. The number of carbonyl (C=O) groups excluding carboxylic acids is 1. The van der Waals surface area contributed by atoms with Crippen LogP contribution in [0, 0.1) is 6.92 Å². The van der Waals surface area contributed by atoms with Crippen molar-refractivity contribution in [2.75, 3.05) is 26.3 Å². The molecule has 0 bridgehead atoms. The standard InChI is InChI=1S/C22H28N2O4S/c1-3-21(19-8-4-17(2)5-9-19)23-22(25)20-10-6-18(7-11-20)16-29(26,27)24-12-14-28-15-13-24/h4-11,21H,3,12-16H2,1-2H3,(H,23,25)/t21-/m0/s1. The maximum absolute atomic E-state index is 12.6. The van der Waals surface area contributed by atoms with Gasteiger partial charge in [-0.25, -0.2) is 8.42 Å². The average Bonchev–Trinajstić information content (AvgIpc) is 2.73. The maximum atomic E-state index is 12.6. The van der Waals surface area contributed by atoms with Crippen molar-refractivity contribution in [3.8, 4) is 0 Å². The third kappa shape index (κ3) is 5.65. The zero-order valence-corrected chi connectivity index (χ0v) is 17.7. The predicted octanol–water partition coefficient (Wildman–Crippen LogP) is 3.04. The SMILES string of the molecule is CC[C@H](NC(=O)c1ccc(CS(=O)(=O)N2CCOCC2)cc1)c1ccc(C)cc1. The molecule has 3 rings (SSSR count). The third-order valence-electron chi connectivity index (χ3n) is 5.12. The van der Waals surface area contributed by atoms with E-state index in [2.05, 4.69) is 5.32 Å². The molecular weight excluding hydrogens is 388 g/mol. The molecule has 6 nitrogen and oxygen atoms in total. The Morgan fingerprint density at radius 1 is 1.07 bits per heavy atom. The summed E-state index contributed by atoms with van der Waals surface area (Å²) in [6.07, 6.45) is 0.782. The predicted molar refractivity (Wildman–Crippen MR) is 113 cm³/mol. The second-order valence-corrected chi connectivity index (χ2v) is 9.28. The molecule has 1 N–H and O–H groups in total.